The average molecular weight is 198 g/mol. The number of aromatic nitrogens is 3. The van der Waals surface area contributed by atoms with E-state index in [0.29, 0.717) is 5.56 Å². The van der Waals surface area contributed by atoms with Crippen molar-refractivity contribution in [3.05, 3.63) is 48.0 Å². The van der Waals surface area contributed by atoms with Crippen molar-refractivity contribution in [3.8, 4) is 6.07 Å². The molecule has 0 amide bonds. The molecule has 0 bridgehead atoms. The molecule has 4 heteroatoms. The van der Waals surface area contributed by atoms with Crippen LogP contribution in [0.3, 0.4) is 0 Å². The van der Waals surface area contributed by atoms with E-state index >= 15 is 0 Å². The summed E-state index contributed by atoms with van der Waals surface area (Å²) in [6.45, 7) is 0.811. The van der Waals surface area contributed by atoms with Gasteiger partial charge in [0.15, 0.2) is 0 Å². The molecule has 1 aromatic carbocycles. The van der Waals surface area contributed by atoms with E-state index in [2.05, 4.69) is 16.2 Å². The van der Waals surface area contributed by atoms with Gasteiger partial charge in [-0.15, -0.1) is 0 Å². The van der Waals surface area contributed by atoms with Crippen LogP contribution in [0.4, 0.5) is 0 Å². The molecule has 74 valence electrons. The van der Waals surface area contributed by atoms with E-state index in [1.165, 1.54) is 11.9 Å². The molecule has 0 spiro atoms. The molecule has 0 N–H and O–H groups in total. The Morgan fingerprint density at radius 2 is 2.07 bits per heavy atom. The highest BCUT2D eigenvalue weighted by Gasteiger charge is 1.95. The molecule has 0 atom stereocenters. The summed E-state index contributed by atoms with van der Waals surface area (Å²) in [7, 11) is 0. The van der Waals surface area contributed by atoms with E-state index in [9.17, 15) is 0 Å². The average Bonchev–Trinajstić information content (AvgIpc) is 2.80. The molecule has 1 aromatic heterocycles. The normalized spacial score (nSPS) is 9.80. The maximum absolute atomic E-state index is 8.64. The van der Waals surface area contributed by atoms with Crippen LogP contribution < -0.4 is 0 Å². The van der Waals surface area contributed by atoms with Gasteiger partial charge in [0, 0.05) is 6.54 Å². The second-order valence-corrected chi connectivity index (χ2v) is 3.22. The highest BCUT2D eigenvalue weighted by atomic mass is 15.3. The Morgan fingerprint density at radius 1 is 1.27 bits per heavy atom. The first-order chi connectivity index (χ1) is 7.38. The molecule has 0 fully saturated rings. The van der Waals surface area contributed by atoms with Gasteiger partial charge in [0.2, 0.25) is 0 Å². The lowest BCUT2D eigenvalue weighted by Gasteiger charge is -2.01. The number of nitriles is 1. The van der Waals surface area contributed by atoms with Gasteiger partial charge in [-0.25, -0.2) is 4.98 Å². The second-order valence-electron chi connectivity index (χ2n) is 3.22. The Bertz CT molecular complexity index is 450. The summed E-state index contributed by atoms with van der Waals surface area (Å²) in [5.74, 6) is 0. The van der Waals surface area contributed by atoms with Crippen LogP contribution in [0.25, 0.3) is 0 Å². The first kappa shape index (κ1) is 9.41. The molecule has 1 heterocycles. The van der Waals surface area contributed by atoms with E-state index in [-0.39, 0.29) is 0 Å². The van der Waals surface area contributed by atoms with Crippen molar-refractivity contribution in [3.63, 3.8) is 0 Å². The van der Waals surface area contributed by atoms with Crippen LogP contribution >= 0.6 is 0 Å². The monoisotopic (exact) mass is 198 g/mol. The maximum atomic E-state index is 8.64. The third-order valence-corrected chi connectivity index (χ3v) is 2.18. The van der Waals surface area contributed by atoms with Crippen molar-refractivity contribution in [1.82, 2.24) is 14.8 Å². The molecule has 0 radical (unpaired) electrons. The predicted molar refractivity (Wildman–Crippen MR) is 54.9 cm³/mol. The summed E-state index contributed by atoms with van der Waals surface area (Å²) in [6, 6.07) is 9.69. The first-order valence-corrected chi connectivity index (χ1v) is 4.70. The number of nitrogens with zero attached hydrogens (tertiary/aromatic N) is 4. The molecule has 4 nitrogen and oxygen atoms in total. The smallest absolute Gasteiger partial charge is 0.137 e. The van der Waals surface area contributed by atoms with Gasteiger partial charge < -0.3 is 0 Å². The van der Waals surface area contributed by atoms with Crippen molar-refractivity contribution in [2.24, 2.45) is 0 Å². The zero-order chi connectivity index (χ0) is 10.5. The van der Waals surface area contributed by atoms with Crippen molar-refractivity contribution in [2.45, 2.75) is 13.0 Å². The summed E-state index contributed by atoms with van der Waals surface area (Å²) in [6.07, 6.45) is 4.12. The third-order valence-electron chi connectivity index (χ3n) is 2.18. The van der Waals surface area contributed by atoms with Crippen molar-refractivity contribution in [2.75, 3.05) is 0 Å². The van der Waals surface area contributed by atoms with E-state index < -0.39 is 0 Å². The Balaban J connectivity index is 1.97. The summed E-state index contributed by atoms with van der Waals surface area (Å²) in [5.41, 5.74) is 1.89. The molecule has 0 saturated heterocycles. The summed E-state index contributed by atoms with van der Waals surface area (Å²) >= 11 is 0. The highest BCUT2D eigenvalue weighted by Crippen LogP contribution is 2.04. The molecule has 0 aliphatic rings. The van der Waals surface area contributed by atoms with Gasteiger partial charge in [-0.05, 0) is 24.1 Å². The minimum absolute atomic E-state index is 0.694. The van der Waals surface area contributed by atoms with Crippen molar-refractivity contribution < 1.29 is 0 Å². The van der Waals surface area contributed by atoms with Crippen LogP contribution in [-0.2, 0) is 13.0 Å². The molecule has 0 aliphatic carbocycles. The summed E-state index contributed by atoms with van der Waals surface area (Å²) in [5, 5.41) is 12.7. The minimum atomic E-state index is 0.694. The lowest BCUT2D eigenvalue weighted by molar-refractivity contribution is 0.613. The molecular weight excluding hydrogens is 188 g/mol. The fourth-order valence-electron chi connectivity index (χ4n) is 1.34. The van der Waals surface area contributed by atoms with Gasteiger partial charge in [-0.2, -0.15) is 10.4 Å². The van der Waals surface area contributed by atoms with Crippen LogP contribution in [0.2, 0.25) is 0 Å². The molecular formula is C11H10N4. The second kappa shape index (κ2) is 4.38. The van der Waals surface area contributed by atoms with Crippen LogP contribution in [0.1, 0.15) is 11.1 Å². The molecule has 2 aromatic rings. The molecule has 15 heavy (non-hydrogen) atoms. The quantitative estimate of drug-likeness (QED) is 0.748. The minimum Gasteiger partial charge on any atom is -0.253 e. The Labute approximate surface area is 87.8 Å². The standard InChI is InChI=1S/C11H10N4/c12-7-11-3-1-10(2-4-11)5-6-15-9-13-8-14-15/h1-4,8-9H,5-6H2. The fraction of sp³-hybridized carbons (Fsp3) is 0.182. The number of aryl methyl sites for hydroxylation is 2. The molecule has 0 unspecified atom stereocenters. The van der Waals surface area contributed by atoms with Crippen LogP contribution in [-0.4, -0.2) is 14.8 Å². The third kappa shape index (κ3) is 2.41. The number of hydrogen-bond donors (Lipinski definition) is 0. The summed E-state index contributed by atoms with van der Waals surface area (Å²) < 4.78 is 1.79. The lowest BCUT2D eigenvalue weighted by atomic mass is 10.1. The Kier molecular flexibility index (Phi) is 2.75. The van der Waals surface area contributed by atoms with Gasteiger partial charge in [0.05, 0.1) is 11.6 Å². The Morgan fingerprint density at radius 3 is 2.67 bits per heavy atom. The molecule has 0 aliphatic heterocycles. The van der Waals surface area contributed by atoms with Gasteiger partial charge in [0.1, 0.15) is 12.7 Å². The zero-order valence-corrected chi connectivity index (χ0v) is 8.17. The zero-order valence-electron chi connectivity index (χ0n) is 8.17. The lowest BCUT2D eigenvalue weighted by Crippen LogP contribution is -2.01. The largest absolute Gasteiger partial charge is 0.253 e. The van der Waals surface area contributed by atoms with Crippen molar-refractivity contribution >= 4 is 0 Å². The number of hydrogen-bond acceptors (Lipinski definition) is 3. The number of benzene rings is 1. The highest BCUT2D eigenvalue weighted by molar-refractivity contribution is 5.31. The predicted octanol–water partition coefficient (Wildman–Crippen LogP) is 1.39. The Hall–Kier alpha value is -2.15. The van der Waals surface area contributed by atoms with E-state index in [1.54, 1.807) is 11.0 Å². The number of rotatable bonds is 3. The SMILES string of the molecule is N#Cc1ccc(CCn2cncn2)cc1. The van der Waals surface area contributed by atoms with Crippen LogP contribution in [0.15, 0.2) is 36.9 Å². The van der Waals surface area contributed by atoms with Crippen LogP contribution in [0, 0.1) is 11.3 Å². The van der Waals surface area contributed by atoms with E-state index in [0.717, 1.165) is 13.0 Å². The van der Waals surface area contributed by atoms with Gasteiger partial charge in [0.25, 0.3) is 0 Å². The summed E-state index contributed by atoms with van der Waals surface area (Å²) in [4.78, 5) is 3.87. The maximum Gasteiger partial charge on any atom is 0.137 e. The molecule has 0 saturated carbocycles. The van der Waals surface area contributed by atoms with Crippen LogP contribution in [0.5, 0.6) is 0 Å². The van der Waals surface area contributed by atoms with Crippen molar-refractivity contribution in [1.29, 1.82) is 5.26 Å². The topological polar surface area (TPSA) is 54.5 Å². The first-order valence-electron chi connectivity index (χ1n) is 4.70. The van der Waals surface area contributed by atoms with E-state index in [1.807, 2.05) is 24.3 Å². The van der Waals surface area contributed by atoms with Gasteiger partial charge in [-0.3, -0.25) is 4.68 Å². The van der Waals surface area contributed by atoms with E-state index in [4.69, 9.17) is 5.26 Å². The van der Waals surface area contributed by atoms with Gasteiger partial charge in [-0.1, -0.05) is 12.1 Å². The van der Waals surface area contributed by atoms with Gasteiger partial charge >= 0.3 is 0 Å². The fourth-order valence-corrected chi connectivity index (χ4v) is 1.34. The molecule has 2 rings (SSSR count).